The van der Waals surface area contributed by atoms with Crippen LogP contribution < -0.4 is 20.1 Å². The van der Waals surface area contributed by atoms with Crippen molar-refractivity contribution < 1.29 is 9.47 Å². The number of methoxy groups -OCH3 is 1. The van der Waals surface area contributed by atoms with Crippen LogP contribution in [0.3, 0.4) is 0 Å². The highest BCUT2D eigenvalue weighted by atomic mass is 16.5. The second kappa shape index (κ2) is 10.2. The van der Waals surface area contributed by atoms with Gasteiger partial charge in [0.25, 0.3) is 0 Å². The molecule has 0 radical (unpaired) electrons. The van der Waals surface area contributed by atoms with Crippen LogP contribution in [-0.2, 0) is 33.0 Å². The molecule has 0 atom stereocenters. The third-order valence-electron chi connectivity index (χ3n) is 5.64. The summed E-state index contributed by atoms with van der Waals surface area (Å²) in [7, 11) is 3.63. The molecule has 0 unspecified atom stereocenters. The Morgan fingerprint density at radius 3 is 2.69 bits per heavy atom. The van der Waals surface area contributed by atoms with Gasteiger partial charge in [0.1, 0.15) is 17.3 Å². The molecule has 0 spiro atoms. The molecule has 0 amide bonds. The monoisotopic (exact) mass is 434 g/mol. The largest absolute Gasteiger partial charge is 0.497 e. The number of hydrogen-bond acceptors (Lipinski definition) is 5. The first-order valence-electron chi connectivity index (χ1n) is 10.9. The number of fused-ring (bicyclic) bond motifs is 1. The minimum Gasteiger partial charge on any atom is -0.497 e. The Kier molecular flexibility index (Phi) is 6.89. The Morgan fingerprint density at radius 2 is 1.94 bits per heavy atom. The lowest BCUT2D eigenvalue weighted by Gasteiger charge is -2.13. The Balaban J connectivity index is 1.39. The van der Waals surface area contributed by atoms with Crippen LogP contribution in [0.4, 0.5) is 0 Å². The summed E-state index contributed by atoms with van der Waals surface area (Å²) >= 11 is 0. The first-order valence-corrected chi connectivity index (χ1v) is 10.9. The van der Waals surface area contributed by atoms with Gasteiger partial charge in [-0.2, -0.15) is 0 Å². The molecule has 2 aromatic carbocycles. The van der Waals surface area contributed by atoms with Crippen LogP contribution in [0.2, 0.25) is 0 Å². The molecule has 2 heterocycles. The summed E-state index contributed by atoms with van der Waals surface area (Å²) in [5.41, 5.74) is 3.70. The molecule has 0 aliphatic carbocycles. The molecule has 8 nitrogen and oxygen atoms in total. The van der Waals surface area contributed by atoms with Gasteiger partial charge in [-0.15, -0.1) is 10.2 Å². The summed E-state index contributed by atoms with van der Waals surface area (Å²) in [6, 6.07) is 14.4. The third kappa shape index (κ3) is 5.38. The van der Waals surface area contributed by atoms with E-state index in [4.69, 9.17) is 14.5 Å². The van der Waals surface area contributed by atoms with Gasteiger partial charge in [0.15, 0.2) is 11.8 Å². The highest BCUT2D eigenvalue weighted by molar-refractivity contribution is 5.79. The SMILES string of the molecule is COc1ccc(CN=C(NCCc2ccc3c(c2)CCO3)NCc2nnc(C)n2C)cc1. The summed E-state index contributed by atoms with van der Waals surface area (Å²) in [6.07, 6.45) is 1.89. The van der Waals surface area contributed by atoms with Gasteiger partial charge in [0, 0.05) is 20.0 Å². The second-order valence-corrected chi connectivity index (χ2v) is 7.81. The van der Waals surface area contributed by atoms with Crippen molar-refractivity contribution in [3.05, 3.63) is 70.8 Å². The zero-order valence-electron chi connectivity index (χ0n) is 18.9. The lowest BCUT2D eigenvalue weighted by Crippen LogP contribution is -2.38. The van der Waals surface area contributed by atoms with Crippen LogP contribution in [0.1, 0.15) is 28.3 Å². The molecule has 2 N–H and O–H groups in total. The van der Waals surface area contributed by atoms with E-state index in [9.17, 15) is 0 Å². The number of hydrogen-bond donors (Lipinski definition) is 2. The maximum Gasteiger partial charge on any atom is 0.191 e. The van der Waals surface area contributed by atoms with E-state index in [1.165, 1.54) is 11.1 Å². The maximum atomic E-state index is 5.60. The van der Waals surface area contributed by atoms with Crippen molar-refractivity contribution in [3.8, 4) is 11.5 Å². The van der Waals surface area contributed by atoms with Crippen LogP contribution in [0.5, 0.6) is 11.5 Å². The highest BCUT2D eigenvalue weighted by Gasteiger charge is 2.12. The van der Waals surface area contributed by atoms with Crippen LogP contribution in [-0.4, -0.2) is 41.0 Å². The van der Waals surface area contributed by atoms with Gasteiger partial charge in [-0.05, 0) is 48.2 Å². The fourth-order valence-corrected chi connectivity index (χ4v) is 3.56. The lowest BCUT2D eigenvalue weighted by atomic mass is 10.1. The molecule has 0 saturated carbocycles. The topological polar surface area (TPSA) is 85.6 Å². The van der Waals surface area contributed by atoms with E-state index < -0.39 is 0 Å². The van der Waals surface area contributed by atoms with Crippen molar-refractivity contribution in [2.75, 3.05) is 20.3 Å². The molecule has 1 aliphatic heterocycles. The summed E-state index contributed by atoms with van der Waals surface area (Å²) in [4.78, 5) is 4.77. The molecule has 168 valence electrons. The number of aliphatic imine (C=N–C) groups is 1. The van der Waals surface area contributed by atoms with E-state index in [1.54, 1.807) is 7.11 Å². The average molecular weight is 435 g/mol. The Labute approximate surface area is 188 Å². The molecule has 0 fully saturated rings. The number of aromatic nitrogens is 3. The second-order valence-electron chi connectivity index (χ2n) is 7.81. The molecular weight excluding hydrogens is 404 g/mol. The first-order chi connectivity index (χ1) is 15.6. The smallest absolute Gasteiger partial charge is 0.191 e. The van der Waals surface area contributed by atoms with Crippen LogP contribution in [0, 0.1) is 6.92 Å². The third-order valence-corrected chi connectivity index (χ3v) is 5.64. The quantitative estimate of drug-likeness (QED) is 0.419. The van der Waals surface area contributed by atoms with Crippen molar-refractivity contribution in [3.63, 3.8) is 0 Å². The molecule has 0 saturated heterocycles. The Bertz CT molecular complexity index is 1070. The molecule has 0 bridgehead atoms. The van der Waals surface area contributed by atoms with Crippen LogP contribution in [0.25, 0.3) is 0 Å². The number of nitrogens with zero attached hydrogens (tertiary/aromatic N) is 4. The Hall–Kier alpha value is -3.55. The van der Waals surface area contributed by atoms with Crippen LogP contribution >= 0.6 is 0 Å². The zero-order valence-corrected chi connectivity index (χ0v) is 18.9. The molecule has 4 rings (SSSR count). The van der Waals surface area contributed by atoms with E-state index in [0.29, 0.717) is 13.1 Å². The summed E-state index contributed by atoms with van der Waals surface area (Å²) in [5.74, 6) is 4.34. The van der Waals surface area contributed by atoms with E-state index in [-0.39, 0.29) is 0 Å². The van der Waals surface area contributed by atoms with Crippen LogP contribution in [0.15, 0.2) is 47.5 Å². The molecule has 1 aromatic heterocycles. The van der Waals surface area contributed by atoms with Crippen molar-refractivity contribution >= 4 is 5.96 Å². The van der Waals surface area contributed by atoms with E-state index in [1.807, 2.05) is 42.8 Å². The van der Waals surface area contributed by atoms with Gasteiger partial charge in [0.2, 0.25) is 0 Å². The lowest BCUT2D eigenvalue weighted by molar-refractivity contribution is 0.357. The number of guanidine groups is 1. The van der Waals surface area contributed by atoms with Gasteiger partial charge in [-0.3, -0.25) is 0 Å². The minimum atomic E-state index is 0.544. The van der Waals surface area contributed by atoms with Gasteiger partial charge in [-0.25, -0.2) is 4.99 Å². The zero-order chi connectivity index (χ0) is 22.3. The van der Waals surface area contributed by atoms with Gasteiger partial charge < -0.3 is 24.7 Å². The number of nitrogens with one attached hydrogen (secondary N) is 2. The Morgan fingerprint density at radius 1 is 1.12 bits per heavy atom. The van der Waals surface area contributed by atoms with E-state index >= 15 is 0 Å². The summed E-state index contributed by atoms with van der Waals surface area (Å²) in [5, 5.41) is 15.2. The van der Waals surface area contributed by atoms with Gasteiger partial charge in [-0.1, -0.05) is 24.3 Å². The standard InChI is InChI=1S/C24H30N6O2/c1-17-28-29-23(30(17)2)16-27-24(26-15-19-4-7-21(31-3)8-5-19)25-12-10-18-6-9-22-20(14-18)11-13-32-22/h4-9,14H,10-13,15-16H2,1-3H3,(H2,25,26,27). The molecular formula is C24H30N6O2. The van der Waals surface area contributed by atoms with Crippen molar-refractivity contribution in [1.29, 1.82) is 0 Å². The van der Waals surface area contributed by atoms with Crippen molar-refractivity contribution in [2.24, 2.45) is 12.0 Å². The average Bonchev–Trinajstić information content (AvgIpc) is 3.42. The fraction of sp³-hybridized carbons (Fsp3) is 0.375. The number of benzene rings is 2. The van der Waals surface area contributed by atoms with Crippen molar-refractivity contribution in [2.45, 2.75) is 32.9 Å². The first kappa shape index (κ1) is 21.7. The molecule has 1 aliphatic rings. The predicted octanol–water partition coefficient (Wildman–Crippen LogP) is 2.55. The highest BCUT2D eigenvalue weighted by Crippen LogP contribution is 2.25. The number of rotatable bonds is 8. The molecule has 3 aromatic rings. The van der Waals surface area contributed by atoms with Gasteiger partial charge in [0.05, 0.1) is 26.8 Å². The van der Waals surface area contributed by atoms with Crippen molar-refractivity contribution in [1.82, 2.24) is 25.4 Å². The van der Waals surface area contributed by atoms with Gasteiger partial charge >= 0.3 is 0 Å². The fourth-order valence-electron chi connectivity index (χ4n) is 3.56. The van der Waals surface area contributed by atoms with E-state index in [2.05, 4.69) is 39.0 Å². The van der Waals surface area contributed by atoms with E-state index in [0.717, 1.165) is 60.7 Å². The molecule has 32 heavy (non-hydrogen) atoms. The summed E-state index contributed by atoms with van der Waals surface area (Å²) < 4.78 is 12.8. The summed E-state index contributed by atoms with van der Waals surface area (Å²) in [6.45, 7) is 4.60. The predicted molar refractivity (Wildman–Crippen MR) is 124 cm³/mol. The number of aryl methyl sites for hydroxylation is 1. The number of ether oxygens (including phenoxy) is 2. The normalized spacial score (nSPS) is 12.9. The minimum absolute atomic E-state index is 0.544. The maximum absolute atomic E-state index is 5.60. The molecule has 8 heteroatoms.